The lowest BCUT2D eigenvalue weighted by molar-refractivity contribution is -0.131. The minimum Gasteiger partial charge on any atom is -0.344 e. The number of amides is 1. The molecule has 0 saturated carbocycles. The number of hydrogen-bond acceptors (Lipinski definition) is 4. The summed E-state index contributed by atoms with van der Waals surface area (Å²) in [6.45, 7) is 6.76. The minimum atomic E-state index is 0.0977. The van der Waals surface area contributed by atoms with Crippen LogP contribution in [0.25, 0.3) is 0 Å². The molecular weight excluding hydrogens is 284 g/mol. The predicted molar refractivity (Wildman–Crippen MR) is 82.3 cm³/mol. The highest BCUT2D eigenvalue weighted by molar-refractivity contribution is 7.11. The Labute approximate surface area is 128 Å². The third-order valence-electron chi connectivity index (χ3n) is 3.92. The van der Waals surface area contributed by atoms with Crippen LogP contribution >= 0.6 is 11.3 Å². The summed E-state index contributed by atoms with van der Waals surface area (Å²) in [4.78, 5) is 27.7. The number of carbonyl (C=O) groups is 1. The monoisotopic (exact) mass is 304 g/mol. The number of thiazole rings is 1. The molecule has 0 radical (unpaired) electrons. The Bertz CT molecular complexity index is 660. The number of imidazole rings is 1. The number of carbonyl (C=O) groups excluding carboxylic acids is 1. The fraction of sp³-hybridized carbons (Fsp3) is 0.533. The minimum absolute atomic E-state index is 0.0977. The number of rotatable bonds is 3. The average Bonchev–Trinajstić information content (AvgIpc) is 3.10. The molecule has 1 aliphatic rings. The topological polar surface area (TPSA) is 61.9 Å². The van der Waals surface area contributed by atoms with Gasteiger partial charge in [-0.25, -0.2) is 9.97 Å². The van der Waals surface area contributed by atoms with E-state index in [4.69, 9.17) is 0 Å². The summed E-state index contributed by atoms with van der Waals surface area (Å²) >= 11 is 1.62. The molecule has 0 bridgehead atoms. The van der Waals surface area contributed by atoms with Gasteiger partial charge in [-0.05, 0) is 33.6 Å². The van der Waals surface area contributed by atoms with Gasteiger partial charge in [-0.15, -0.1) is 11.3 Å². The van der Waals surface area contributed by atoms with Crippen molar-refractivity contribution in [3.8, 4) is 0 Å². The fourth-order valence-electron chi connectivity index (χ4n) is 2.93. The van der Waals surface area contributed by atoms with E-state index < -0.39 is 0 Å². The Morgan fingerprint density at radius 1 is 1.48 bits per heavy atom. The molecule has 1 N–H and O–H groups in total. The van der Waals surface area contributed by atoms with Crippen LogP contribution in [0.2, 0.25) is 0 Å². The number of nitrogens with one attached hydrogen (secondary N) is 1. The van der Waals surface area contributed by atoms with Gasteiger partial charge < -0.3 is 9.88 Å². The van der Waals surface area contributed by atoms with Crippen molar-refractivity contribution in [2.75, 3.05) is 6.54 Å². The summed E-state index contributed by atoms with van der Waals surface area (Å²) in [5, 5.41) is 1.02. The van der Waals surface area contributed by atoms with Crippen LogP contribution in [0, 0.1) is 20.8 Å². The van der Waals surface area contributed by atoms with Crippen LogP contribution < -0.4 is 0 Å². The molecule has 1 atom stereocenters. The lowest BCUT2D eigenvalue weighted by atomic mass is 10.2. The van der Waals surface area contributed by atoms with Gasteiger partial charge in [-0.2, -0.15) is 0 Å². The second-order valence-corrected chi connectivity index (χ2v) is 6.90. The normalized spacial score (nSPS) is 18.4. The SMILES string of the molecule is Cc1cnc([C@H]2CCCN2C(=O)Cc2sc(C)nc2C)[nH]1. The number of hydrogen-bond donors (Lipinski definition) is 1. The molecule has 112 valence electrons. The molecule has 1 aliphatic heterocycles. The van der Waals surface area contributed by atoms with E-state index in [0.29, 0.717) is 6.42 Å². The van der Waals surface area contributed by atoms with Crippen molar-refractivity contribution >= 4 is 17.2 Å². The predicted octanol–water partition coefficient (Wildman–Crippen LogP) is 2.70. The maximum atomic E-state index is 12.6. The first kappa shape index (κ1) is 14.3. The Morgan fingerprint density at radius 2 is 2.29 bits per heavy atom. The van der Waals surface area contributed by atoms with E-state index in [0.717, 1.165) is 46.5 Å². The average molecular weight is 304 g/mol. The summed E-state index contributed by atoms with van der Waals surface area (Å²) in [6, 6.07) is 0.0977. The third kappa shape index (κ3) is 2.85. The Kier molecular flexibility index (Phi) is 3.80. The molecule has 6 heteroatoms. The zero-order valence-corrected chi connectivity index (χ0v) is 13.5. The number of aryl methyl sites for hydroxylation is 3. The van der Waals surface area contributed by atoms with Crippen molar-refractivity contribution in [1.29, 1.82) is 0 Å². The van der Waals surface area contributed by atoms with Gasteiger partial charge in [0.1, 0.15) is 5.82 Å². The van der Waals surface area contributed by atoms with E-state index in [1.807, 2.05) is 31.9 Å². The fourth-order valence-corrected chi connectivity index (χ4v) is 3.86. The van der Waals surface area contributed by atoms with Crippen molar-refractivity contribution in [3.63, 3.8) is 0 Å². The maximum Gasteiger partial charge on any atom is 0.228 e. The van der Waals surface area contributed by atoms with Crippen molar-refractivity contribution in [2.24, 2.45) is 0 Å². The van der Waals surface area contributed by atoms with Crippen molar-refractivity contribution in [2.45, 2.75) is 46.1 Å². The highest BCUT2D eigenvalue weighted by Crippen LogP contribution is 2.31. The van der Waals surface area contributed by atoms with Gasteiger partial charge in [-0.3, -0.25) is 4.79 Å². The molecule has 1 saturated heterocycles. The summed E-state index contributed by atoms with van der Waals surface area (Å²) in [5.74, 6) is 1.09. The first-order valence-corrected chi connectivity index (χ1v) is 8.10. The largest absolute Gasteiger partial charge is 0.344 e. The molecule has 3 rings (SSSR count). The van der Waals surface area contributed by atoms with Crippen molar-refractivity contribution in [1.82, 2.24) is 19.9 Å². The van der Waals surface area contributed by atoms with Crippen LogP contribution in [-0.2, 0) is 11.2 Å². The van der Waals surface area contributed by atoms with Crippen molar-refractivity contribution < 1.29 is 4.79 Å². The van der Waals surface area contributed by atoms with E-state index in [1.165, 1.54) is 0 Å². The van der Waals surface area contributed by atoms with Gasteiger partial charge in [0.15, 0.2) is 0 Å². The Hall–Kier alpha value is -1.69. The van der Waals surface area contributed by atoms with E-state index in [-0.39, 0.29) is 11.9 Å². The van der Waals surface area contributed by atoms with Crippen LogP contribution in [0.1, 0.15) is 46.0 Å². The van der Waals surface area contributed by atoms with E-state index in [2.05, 4.69) is 15.0 Å². The van der Waals surface area contributed by atoms with E-state index >= 15 is 0 Å². The molecule has 2 aromatic rings. The van der Waals surface area contributed by atoms with Gasteiger partial charge in [0.05, 0.1) is 23.2 Å². The summed E-state index contributed by atoms with van der Waals surface area (Å²) in [5.41, 5.74) is 2.02. The molecule has 3 heterocycles. The zero-order chi connectivity index (χ0) is 15.0. The molecule has 0 aliphatic carbocycles. The Morgan fingerprint density at radius 3 is 2.90 bits per heavy atom. The first-order valence-electron chi connectivity index (χ1n) is 7.28. The number of likely N-dealkylation sites (tertiary alicyclic amines) is 1. The molecule has 5 nitrogen and oxygen atoms in total. The number of nitrogens with zero attached hydrogens (tertiary/aromatic N) is 3. The molecular formula is C15H20N4OS. The lowest BCUT2D eigenvalue weighted by Crippen LogP contribution is -2.32. The zero-order valence-electron chi connectivity index (χ0n) is 12.6. The number of aromatic amines is 1. The molecule has 0 unspecified atom stereocenters. The summed E-state index contributed by atoms with van der Waals surface area (Å²) in [7, 11) is 0. The molecule has 0 spiro atoms. The molecule has 1 amide bonds. The summed E-state index contributed by atoms with van der Waals surface area (Å²) < 4.78 is 0. The molecule has 0 aromatic carbocycles. The molecule has 1 fully saturated rings. The third-order valence-corrected chi connectivity index (χ3v) is 5.00. The smallest absolute Gasteiger partial charge is 0.228 e. The second kappa shape index (κ2) is 5.60. The highest BCUT2D eigenvalue weighted by atomic mass is 32.1. The quantitative estimate of drug-likeness (QED) is 0.948. The van der Waals surface area contributed by atoms with Crippen LogP contribution in [0.3, 0.4) is 0 Å². The van der Waals surface area contributed by atoms with Gasteiger partial charge in [0.2, 0.25) is 5.91 Å². The number of aromatic nitrogens is 3. The maximum absolute atomic E-state index is 12.6. The first-order chi connectivity index (χ1) is 10.0. The molecule has 21 heavy (non-hydrogen) atoms. The van der Waals surface area contributed by atoms with E-state index in [9.17, 15) is 4.79 Å². The van der Waals surface area contributed by atoms with Gasteiger partial charge in [-0.1, -0.05) is 0 Å². The van der Waals surface area contributed by atoms with Crippen LogP contribution in [0.5, 0.6) is 0 Å². The standard InChI is InChI=1S/C15H20N4OS/c1-9-8-16-15(17-9)12-5-4-6-19(12)14(20)7-13-10(2)18-11(3)21-13/h8,12H,4-7H2,1-3H3,(H,16,17)/t12-/m1/s1. The van der Waals surface area contributed by atoms with Crippen LogP contribution in [-0.4, -0.2) is 32.3 Å². The Balaban J connectivity index is 1.75. The number of H-pyrrole nitrogens is 1. The van der Waals surface area contributed by atoms with Crippen LogP contribution in [0.4, 0.5) is 0 Å². The highest BCUT2D eigenvalue weighted by Gasteiger charge is 2.32. The van der Waals surface area contributed by atoms with Crippen LogP contribution in [0.15, 0.2) is 6.20 Å². The second-order valence-electron chi connectivity index (χ2n) is 5.61. The lowest BCUT2D eigenvalue weighted by Gasteiger charge is -2.23. The van der Waals surface area contributed by atoms with Gasteiger partial charge >= 0.3 is 0 Å². The van der Waals surface area contributed by atoms with E-state index in [1.54, 1.807) is 11.3 Å². The van der Waals surface area contributed by atoms with Gasteiger partial charge in [0, 0.05) is 23.3 Å². The molecule has 2 aromatic heterocycles. The van der Waals surface area contributed by atoms with Crippen molar-refractivity contribution in [3.05, 3.63) is 33.3 Å². The van der Waals surface area contributed by atoms with Gasteiger partial charge in [0.25, 0.3) is 0 Å². The summed E-state index contributed by atoms with van der Waals surface area (Å²) in [6.07, 6.45) is 4.30.